The molecule has 0 spiro atoms. The van der Waals surface area contributed by atoms with E-state index in [-0.39, 0.29) is 0 Å². The lowest BCUT2D eigenvalue weighted by atomic mass is 10.3. The number of hydrogen-bond acceptors (Lipinski definition) is 6. The fourth-order valence-corrected chi connectivity index (χ4v) is 1.91. The van der Waals surface area contributed by atoms with Crippen LogP contribution in [0.25, 0.3) is 11.5 Å². The quantitative estimate of drug-likeness (QED) is 0.766. The van der Waals surface area contributed by atoms with Crippen LogP contribution in [0.5, 0.6) is 0 Å². The Kier molecular flexibility index (Phi) is 2.79. The van der Waals surface area contributed by atoms with E-state index >= 15 is 0 Å². The summed E-state index contributed by atoms with van der Waals surface area (Å²) >= 11 is 0. The molecule has 0 aliphatic rings. The molecule has 3 rings (SSSR count). The van der Waals surface area contributed by atoms with E-state index in [4.69, 9.17) is 14.7 Å². The van der Waals surface area contributed by atoms with E-state index in [1.54, 1.807) is 17.0 Å². The van der Waals surface area contributed by atoms with E-state index < -0.39 is 0 Å². The van der Waals surface area contributed by atoms with E-state index in [2.05, 4.69) is 15.5 Å². The molecular weight excluding hydrogens is 246 g/mol. The molecule has 0 unspecified atom stereocenters. The molecule has 0 saturated carbocycles. The summed E-state index contributed by atoms with van der Waals surface area (Å²) in [5.74, 6) is 1.69. The van der Waals surface area contributed by atoms with Gasteiger partial charge in [0.2, 0.25) is 5.76 Å². The fraction of sp³-hybridized carbons (Fsp3) is 0.250. The Balaban J connectivity index is 1.84. The van der Waals surface area contributed by atoms with Gasteiger partial charge in [0.25, 0.3) is 0 Å². The molecule has 3 heterocycles. The SMILES string of the molecule is CCc1c(N)nnn1Cc1cc(-c2ccco2)on1. The van der Waals surface area contributed by atoms with Gasteiger partial charge in [0.15, 0.2) is 11.6 Å². The predicted octanol–water partition coefficient (Wildman–Crippen LogP) is 1.72. The van der Waals surface area contributed by atoms with E-state index in [9.17, 15) is 0 Å². The van der Waals surface area contributed by atoms with Crippen LogP contribution in [0.1, 0.15) is 18.3 Å². The zero-order chi connectivity index (χ0) is 13.2. The molecule has 0 bridgehead atoms. The molecular formula is C12H13N5O2. The fourth-order valence-electron chi connectivity index (χ4n) is 1.91. The van der Waals surface area contributed by atoms with Gasteiger partial charge in [-0.25, -0.2) is 4.68 Å². The smallest absolute Gasteiger partial charge is 0.202 e. The van der Waals surface area contributed by atoms with E-state index in [0.717, 1.165) is 17.8 Å². The number of nitrogen functional groups attached to an aromatic ring is 1. The van der Waals surface area contributed by atoms with Crippen molar-refractivity contribution in [1.29, 1.82) is 0 Å². The summed E-state index contributed by atoms with van der Waals surface area (Å²) in [5.41, 5.74) is 7.37. The average Bonchev–Trinajstić information content (AvgIpc) is 3.11. The lowest BCUT2D eigenvalue weighted by Gasteiger charge is -2.01. The summed E-state index contributed by atoms with van der Waals surface area (Å²) in [6, 6.07) is 5.43. The van der Waals surface area contributed by atoms with Gasteiger partial charge in [-0.3, -0.25) is 0 Å². The van der Waals surface area contributed by atoms with E-state index in [0.29, 0.717) is 23.9 Å². The van der Waals surface area contributed by atoms with Crippen molar-refractivity contribution < 1.29 is 8.94 Å². The zero-order valence-corrected chi connectivity index (χ0v) is 10.4. The first-order chi connectivity index (χ1) is 9.28. The van der Waals surface area contributed by atoms with E-state index in [1.807, 2.05) is 19.1 Å². The zero-order valence-electron chi connectivity index (χ0n) is 10.4. The highest BCUT2D eigenvalue weighted by atomic mass is 16.5. The maximum absolute atomic E-state index is 5.73. The van der Waals surface area contributed by atoms with Gasteiger partial charge in [-0.15, -0.1) is 5.10 Å². The molecule has 3 aromatic rings. The molecule has 0 fully saturated rings. The van der Waals surface area contributed by atoms with Crippen molar-refractivity contribution in [2.24, 2.45) is 0 Å². The maximum Gasteiger partial charge on any atom is 0.202 e. The second kappa shape index (κ2) is 4.60. The van der Waals surface area contributed by atoms with Gasteiger partial charge in [0, 0.05) is 6.07 Å². The largest absolute Gasteiger partial charge is 0.461 e. The molecule has 19 heavy (non-hydrogen) atoms. The first-order valence-electron chi connectivity index (χ1n) is 5.95. The molecule has 0 radical (unpaired) electrons. The molecule has 3 aromatic heterocycles. The van der Waals surface area contributed by atoms with Crippen molar-refractivity contribution in [1.82, 2.24) is 20.2 Å². The molecule has 98 valence electrons. The topological polar surface area (TPSA) is 95.9 Å². The Morgan fingerprint density at radius 1 is 1.37 bits per heavy atom. The highest BCUT2D eigenvalue weighted by Crippen LogP contribution is 2.21. The van der Waals surface area contributed by atoms with Gasteiger partial charge in [-0.05, 0) is 18.6 Å². The number of anilines is 1. The van der Waals surface area contributed by atoms with Crippen LogP contribution in [-0.2, 0) is 13.0 Å². The van der Waals surface area contributed by atoms with Crippen LogP contribution in [0.15, 0.2) is 33.4 Å². The Morgan fingerprint density at radius 2 is 2.26 bits per heavy atom. The summed E-state index contributed by atoms with van der Waals surface area (Å²) in [7, 11) is 0. The summed E-state index contributed by atoms with van der Waals surface area (Å²) in [6.45, 7) is 2.47. The third-order valence-corrected chi connectivity index (χ3v) is 2.84. The number of nitrogens with zero attached hydrogens (tertiary/aromatic N) is 4. The minimum Gasteiger partial charge on any atom is -0.461 e. The summed E-state index contributed by atoms with van der Waals surface area (Å²) in [4.78, 5) is 0. The van der Waals surface area contributed by atoms with Crippen LogP contribution in [0.4, 0.5) is 5.82 Å². The van der Waals surface area contributed by atoms with Crippen LogP contribution in [-0.4, -0.2) is 20.2 Å². The van der Waals surface area contributed by atoms with Gasteiger partial charge in [0.05, 0.1) is 18.5 Å². The summed E-state index contributed by atoms with van der Waals surface area (Å²) < 4.78 is 12.2. The molecule has 0 aromatic carbocycles. The Morgan fingerprint density at radius 3 is 3.00 bits per heavy atom. The number of nitrogens with two attached hydrogens (primary N) is 1. The Labute approximate surface area is 109 Å². The number of hydrogen-bond donors (Lipinski definition) is 1. The van der Waals surface area contributed by atoms with Gasteiger partial charge in [-0.1, -0.05) is 17.3 Å². The molecule has 0 atom stereocenters. The molecule has 7 heteroatoms. The highest BCUT2D eigenvalue weighted by molar-refractivity contribution is 5.49. The maximum atomic E-state index is 5.73. The third-order valence-electron chi connectivity index (χ3n) is 2.84. The first-order valence-corrected chi connectivity index (χ1v) is 5.95. The van der Waals surface area contributed by atoms with Gasteiger partial charge < -0.3 is 14.7 Å². The lowest BCUT2D eigenvalue weighted by molar-refractivity contribution is 0.406. The molecule has 0 aliphatic heterocycles. The Bertz CT molecular complexity index is 668. The monoisotopic (exact) mass is 259 g/mol. The van der Waals surface area contributed by atoms with E-state index in [1.165, 1.54) is 0 Å². The van der Waals surface area contributed by atoms with Crippen LogP contribution in [0, 0.1) is 0 Å². The molecule has 0 amide bonds. The van der Waals surface area contributed by atoms with Gasteiger partial charge in [0.1, 0.15) is 5.69 Å². The Hall–Kier alpha value is -2.57. The molecule has 0 saturated heterocycles. The predicted molar refractivity (Wildman–Crippen MR) is 67.1 cm³/mol. The lowest BCUT2D eigenvalue weighted by Crippen LogP contribution is -2.06. The van der Waals surface area contributed by atoms with Gasteiger partial charge in [-0.2, -0.15) is 0 Å². The van der Waals surface area contributed by atoms with Crippen molar-refractivity contribution in [3.63, 3.8) is 0 Å². The summed E-state index contributed by atoms with van der Waals surface area (Å²) in [5, 5.41) is 11.8. The van der Waals surface area contributed by atoms with Crippen molar-refractivity contribution in [2.75, 3.05) is 5.73 Å². The van der Waals surface area contributed by atoms with Crippen molar-refractivity contribution in [3.8, 4) is 11.5 Å². The summed E-state index contributed by atoms with van der Waals surface area (Å²) in [6.07, 6.45) is 2.35. The van der Waals surface area contributed by atoms with Crippen molar-refractivity contribution in [2.45, 2.75) is 19.9 Å². The normalized spacial score (nSPS) is 11.0. The van der Waals surface area contributed by atoms with Crippen molar-refractivity contribution in [3.05, 3.63) is 35.9 Å². The number of rotatable bonds is 4. The van der Waals surface area contributed by atoms with Gasteiger partial charge >= 0.3 is 0 Å². The molecule has 0 aliphatic carbocycles. The second-order valence-electron chi connectivity index (χ2n) is 4.09. The van der Waals surface area contributed by atoms with Crippen molar-refractivity contribution >= 4 is 5.82 Å². The van der Waals surface area contributed by atoms with Crippen LogP contribution in [0.2, 0.25) is 0 Å². The molecule has 2 N–H and O–H groups in total. The third kappa shape index (κ3) is 2.10. The van der Waals surface area contributed by atoms with Crippen LogP contribution in [0.3, 0.4) is 0 Å². The minimum atomic E-state index is 0.456. The first kappa shape index (κ1) is 11.5. The number of furan rings is 1. The standard InChI is InChI=1S/C12H13N5O2/c1-2-9-12(13)14-16-17(9)7-8-6-11(19-15-8)10-4-3-5-18-10/h3-6H,2,7,13H2,1H3. The minimum absolute atomic E-state index is 0.456. The highest BCUT2D eigenvalue weighted by Gasteiger charge is 2.13. The molecule has 7 nitrogen and oxygen atoms in total. The van der Waals surface area contributed by atoms with Crippen LogP contribution >= 0.6 is 0 Å². The van der Waals surface area contributed by atoms with Crippen LogP contribution < -0.4 is 5.73 Å². The average molecular weight is 259 g/mol. The second-order valence-corrected chi connectivity index (χ2v) is 4.09. The number of aromatic nitrogens is 4.